The summed E-state index contributed by atoms with van der Waals surface area (Å²) >= 11 is 0. The predicted octanol–water partition coefficient (Wildman–Crippen LogP) is 3.45. The van der Waals surface area contributed by atoms with E-state index in [0.29, 0.717) is 0 Å². The minimum Gasteiger partial charge on any atom is -0.238 e. The van der Waals surface area contributed by atoms with E-state index in [9.17, 15) is 8.78 Å². The van der Waals surface area contributed by atoms with Gasteiger partial charge in [-0.1, -0.05) is 20.8 Å². The summed E-state index contributed by atoms with van der Waals surface area (Å²) in [6, 6.07) is 3.32. The molecule has 0 aliphatic rings. The molecular weight excluding hydrogens is 222 g/mol. The number of benzene rings is 1. The molecule has 0 amide bonds. The van der Waals surface area contributed by atoms with Crippen LogP contribution in [0.1, 0.15) is 26.3 Å². The molecule has 1 heterocycles. The first-order valence-corrected chi connectivity index (χ1v) is 5.38. The highest BCUT2D eigenvalue weighted by molar-refractivity contribution is 5.34. The fraction of sp³-hybridized carbons (Fsp3) is 0.308. The zero-order valence-corrected chi connectivity index (χ0v) is 10.0. The molecule has 2 aromatic rings. The number of aromatic nitrogens is 2. The monoisotopic (exact) mass is 236 g/mol. The lowest BCUT2D eigenvalue weighted by Gasteiger charge is -2.15. The first-order chi connectivity index (χ1) is 7.88. The Morgan fingerprint density at radius 1 is 1.18 bits per heavy atom. The van der Waals surface area contributed by atoms with Gasteiger partial charge in [0.25, 0.3) is 0 Å². The Balaban J connectivity index is 2.47. The van der Waals surface area contributed by atoms with E-state index in [1.54, 1.807) is 12.4 Å². The van der Waals surface area contributed by atoms with Gasteiger partial charge in [-0.05, 0) is 23.1 Å². The summed E-state index contributed by atoms with van der Waals surface area (Å²) in [5.41, 5.74) is 1.03. The largest absolute Gasteiger partial charge is 0.238 e. The molecule has 2 rings (SSSR count). The number of hydrogen-bond acceptors (Lipinski definition) is 1. The maximum absolute atomic E-state index is 13.5. The molecule has 90 valence electrons. The van der Waals surface area contributed by atoms with Crippen LogP contribution in [-0.2, 0) is 5.41 Å². The summed E-state index contributed by atoms with van der Waals surface area (Å²) in [6.07, 6.45) is 3.39. The first kappa shape index (κ1) is 11.8. The van der Waals surface area contributed by atoms with Crippen LogP contribution in [0.2, 0.25) is 0 Å². The van der Waals surface area contributed by atoms with Gasteiger partial charge in [-0.25, -0.2) is 13.5 Å². The lowest BCUT2D eigenvalue weighted by Crippen LogP contribution is -2.09. The minimum absolute atomic E-state index is 0.0674. The molecule has 0 saturated carbocycles. The van der Waals surface area contributed by atoms with Crippen molar-refractivity contribution in [2.45, 2.75) is 26.2 Å². The van der Waals surface area contributed by atoms with Crippen molar-refractivity contribution < 1.29 is 8.78 Å². The highest BCUT2D eigenvalue weighted by Gasteiger charge is 2.17. The van der Waals surface area contributed by atoms with Gasteiger partial charge >= 0.3 is 0 Å². The summed E-state index contributed by atoms with van der Waals surface area (Å²) < 4.78 is 28.0. The Morgan fingerprint density at radius 2 is 1.88 bits per heavy atom. The third kappa shape index (κ3) is 2.35. The molecule has 0 aliphatic carbocycles. The van der Waals surface area contributed by atoms with Gasteiger partial charge in [0.2, 0.25) is 0 Å². The first-order valence-electron chi connectivity index (χ1n) is 5.38. The third-order valence-electron chi connectivity index (χ3n) is 2.60. The van der Waals surface area contributed by atoms with E-state index in [2.05, 4.69) is 5.10 Å². The Hall–Kier alpha value is -1.71. The summed E-state index contributed by atoms with van der Waals surface area (Å²) in [5, 5.41) is 4.06. The molecule has 4 heteroatoms. The van der Waals surface area contributed by atoms with Crippen molar-refractivity contribution in [3.8, 4) is 5.69 Å². The molecule has 0 bridgehead atoms. The molecule has 0 spiro atoms. The molecule has 0 radical (unpaired) electrons. The molecule has 1 aromatic carbocycles. The van der Waals surface area contributed by atoms with Crippen LogP contribution < -0.4 is 0 Å². The van der Waals surface area contributed by atoms with E-state index < -0.39 is 11.6 Å². The Morgan fingerprint density at radius 3 is 2.47 bits per heavy atom. The van der Waals surface area contributed by atoms with Gasteiger partial charge in [-0.15, -0.1) is 0 Å². The fourth-order valence-corrected chi connectivity index (χ4v) is 1.50. The van der Waals surface area contributed by atoms with E-state index in [0.717, 1.165) is 23.8 Å². The molecule has 2 nitrogen and oxygen atoms in total. The second-order valence-electron chi connectivity index (χ2n) is 5.02. The average Bonchev–Trinajstić information content (AvgIpc) is 2.70. The lowest BCUT2D eigenvalue weighted by atomic mass is 9.90. The summed E-state index contributed by atoms with van der Waals surface area (Å²) in [4.78, 5) is 0. The van der Waals surface area contributed by atoms with Crippen LogP contribution in [0.15, 0.2) is 30.6 Å². The summed E-state index contributed by atoms with van der Waals surface area (Å²) in [7, 11) is 0. The Bertz CT molecular complexity index is 539. The fourth-order valence-electron chi connectivity index (χ4n) is 1.50. The van der Waals surface area contributed by atoms with Crippen molar-refractivity contribution in [1.82, 2.24) is 9.78 Å². The molecule has 0 fully saturated rings. The number of nitrogens with zero attached hydrogens (tertiary/aromatic N) is 2. The van der Waals surface area contributed by atoms with E-state index in [-0.39, 0.29) is 11.1 Å². The second kappa shape index (κ2) is 3.95. The van der Waals surface area contributed by atoms with Gasteiger partial charge < -0.3 is 0 Å². The summed E-state index contributed by atoms with van der Waals surface area (Å²) in [5.74, 6) is -0.968. The van der Waals surface area contributed by atoms with E-state index in [1.165, 1.54) is 4.68 Å². The van der Waals surface area contributed by atoms with Crippen molar-refractivity contribution >= 4 is 0 Å². The zero-order valence-electron chi connectivity index (χ0n) is 10.0. The van der Waals surface area contributed by atoms with Crippen molar-refractivity contribution in [2.24, 2.45) is 0 Å². The van der Waals surface area contributed by atoms with Crippen molar-refractivity contribution in [2.75, 3.05) is 0 Å². The molecule has 17 heavy (non-hydrogen) atoms. The van der Waals surface area contributed by atoms with Crippen LogP contribution in [0, 0.1) is 11.6 Å². The molecular formula is C13H14F2N2. The van der Waals surface area contributed by atoms with Crippen molar-refractivity contribution in [1.29, 1.82) is 0 Å². The second-order valence-corrected chi connectivity index (χ2v) is 5.02. The van der Waals surface area contributed by atoms with Gasteiger partial charge in [-0.3, -0.25) is 0 Å². The highest BCUT2D eigenvalue weighted by atomic mass is 19.1. The average molecular weight is 236 g/mol. The predicted molar refractivity (Wildman–Crippen MR) is 62.2 cm³/mol. The molecule has 0 N–H and O–H groups in total. The van der Waals surface area contributed by atoms with Gasteiger partial charge in [0.15, 0.2) is 0 Å². The third-order valence-corrected chi connectivity index (χ3v) is 2.60. The number of hydrogen-bond donors (Lipinski definition) is 0. The topological polar surface area (TPSA) is 17.8 Å². The van der Waals surface area contributed by atoms with Crippen LogP contribution in [0.5, 0.6) is 0 Å². The summed E-state index contributed by atoms with van der Waals surface area (Å²) in [6.45, 7) is 6.11. The van der Waals surface area contributed by atoms with Gasteiger partial charge in [0.05, 0.1) is 6.20 Å². The van der Waals surface area contributed by atoms with Crippen LogP contribution >= 0.6 is 0 Å². The molecule has 0 atom stereocenters. The maximum atomic E-state index is 13.5. The van der Waals surface area contributed by atoms with E-state index in [1.807, 2.05) is 20.8 Å². The highest BCUT2D eigenvalue weighted by Crippen LogP contribution is 2.23. The van der Waals surface area contributed by atoms with Gasteiger partial charge in [0, 0.05) is 12.3 Å². The van der Waals surface area contributed by atoms with Crippen LogP contribution in [-0.4, -0.2) is 9.78 Å². The van der Waals surface area contributed by atoms with Gasteiger partial charge in [-0.2, -0.15) is 5.10 Å². The minimum atomic E-state index is -0.491. The molecule has 1 aromatic heterocycles. The Labute approximate surface area is 98.9 Å². The zero-order chi connectivity index (χ0) is 12.6. The lowest BCUT2D eigenvalue weighted by molar-refractivity contribution is 0.582. The number of halogens is 2. The van der Waals surface area contributed by atoms with Crippen LogP contribution in [0.25, 0.3) is 5.69 Å². The molecule has 0 saturated heterocycles. The molecule has 0 aliphatic heterocycles. The number of rotatable bonds is 1. The maximum Gasteiger partial charge on any atom is 0.149 e. The standard InChI is InChI=1S/C13H14F2N2/c1-13(2,3)9-7-16-17(8-9)12-6-10(14)4-5-11(12)15/h4-8H,1-3H3. The van der Waals surface area contributed by atoms with Crippen molar-refractivity contribution in [3.63, 3.8) is 0 Å². The van der Waals surface area contributed by atoms with Crippen LogP contribution in [0.3, 0.4) is 0 Å². The van der Waals surface area contributed by atoms with E-state index >= 15 is 0 Å². The quantitative estimate of drug-likeness (QED) is 0.741. The smallest absolute Gasteiger partial charge is 0.149 e. The normalized spacial score (nSPS) is 11.8. The van der Waals surface area contributed by atoms with Crippen LogP contribution in [0.4, 0.5) is 8.78 Å². The van der Waals surface area contributed by atoms with E-state index in [4.69, 9.17) is 0 Å². The SMILES string of the molecule is CC(C)(C)c1cnn(-c2cc(F)ccc2F)c1. The Kier molecular flexibility index (Phi) is 2.73. The van der Waals surface area contributed by atoms with Crippen molar-refractivity contribution in [3.05, 3.63) is 47.8 Å². The molecule has 0 unspecified atom stereocenters. The van der Waals surface area contributed by atoms with Gasteiger partial charge in [0.1, 0.15) is 17.3 Å².